The number of methoxy groups -OCH3 is 1. The molecule has 4 heteroatoms. The van der Waals surface area contributed by atoms with Crippen LogP contribution in [0.1, 0.15) is 19.4 Å². The largest absolute Gasteiger partial charge is 0.493 e. The van der Waals surface area contributed by atoms with Gasteiger partial charge in [-0.15, -0.1) is 0 Å². The molecule has 4 nitrogen and oxygen atoms in total. The third-order valence-corrected chi connectivity index (χ3v) is 3.47. The molecule has 0 spiro atoms. The number of nitrogens with one attached hydrogen (secondary N) is 1. The van der Waals surface area contributed by atoms with Crippen LogP contribution in [0.4, 0.5) is 11.4 Å². The van der Waals surface area contributed by atoms with E-state index in [2.05, 4.69) is 40.5 Å². The molecule has 0 saturated carbocycles. The van der Waals surface area contributed by atoms with E-state index >= 15 is 0 Å². The van der Waals surface area contributed by atoms with E-state index in [1.807, 2.05) is 40.1 Å². The van der Waals surface area contributed by atoms with Crippen LogP contribution in [0.5, 0.6) is 11.5 Å². The normalized spacial score (nSPS) is 10.5. The van der Waals surface area contributed by atoms with Crippen molar-refractivity contribution in [2.24, 2.45) is 0 Å². The monoisotopic (exact) mass is 314 g/mol. The van der Waals surface area contributed by atoms with Crippen molar-refractivity contribution in [1.29, 1.82) is 0 Å². The van der Waals surface area contributed by atoms with Gasteiger partial charge in [-0.25, -0.2) is 0 Å². The van der Waals surface area contributed by atoms with Crippen LogP contribution in [-0.2, 0) is 6.54 Å². The van der Waals surface area contributed by atoms with E-state index in [-0.39, 0.29) is 6.10 Å². The maximum atomic E-state index is 5.74. The Labute approximate surface area is 139 Å². The summed E-state index contributed by atoms with van der Waals surface area (Å²) < 4.78 is 11.2. The average molecular weight is 314 g/mol. The van der Waals surface area contributed by atoms with Crippen molar-refractivity contribution < 1.29 is 9.47 Å². The van der Waals surface area contributed by atoms with E-state index in [0.29, 0.717) is 0 Å². The minimum atomic E-state index is 0.128. The quantitative estimate of drug-likeness (QED) is 0.832. The standard InChI is InChI=1S/C19H26N2O2/c1-14(2)23-18-11-6-15(12-19(18)22-5)13-20-16-7-9-17(10-8-16)21(3)4/h6-12,14,20H,13H2,1-5H3. The molecule has 0 unspecified atom stereocenters. The van der Waals surface area contributed by atoms with Gasteiger partial charge in [0.1, 0.15) is 0 Å². The molecule has 0 bridgehead atoms. The van der Waals surface area contributed by atoms with Crippen LogP contribution in [-0.4, -0.2) is 27.3 Å². The molecule has 2 aromatic carbocycles. The van der Waals surface area contributed by atoms with Gasteiger partial charge in [0.2, 0.25) is 0 Å². The van der Waals surface area contributed by atoms with Gasteiger partial charge < -0.3 is 19.7 Å². The van der Waals surface area contributed by atoms with Gasteiger partial charge in [-0.05, 0) is 55.8 Å². The van der Waals surface area contributed by atoms with Crippen LogP contribution in [0.3, 0.4) is 0 Å². The number of anilines is 2. The third kappa shape index (κ3) is 4.81. The summed E-state index contributed by atoms with van der Waals surface area (Å²) in [6, 6.07) is 14.4. The molecule has 0 heterocycles. The summed E-state index contributed by atoms with van der Waals surface area (Å²) >= 11 is 0. The maximum absolute atomic E-state index is 5.74. The summed E-state index contributed by atoms with van der Waals surface area (Å²) in [4.78, 5) is 2.09. The summed E-state index contributed by atoms with van der Waals surface area (Å²) in [6.45, 7) is 4.75. The highest BCUT2D eigenvalue weighted by molar-refractivity contribution is 5.54. The molecular weight excluding hydrogens is 288 g/mol. The summed E-state index contributed by atoms with van der Waals surface area (Å²) in [5.41, 5.74) is 3.43. The van der Waals surface area contributed by atoms with Gasteiger partial charge in [-0.3, -0.25) is 0 Å². The summed E-state index contributed by atoms with van der Waals surface area (Å²) in [5, 5.41) is 3.42. The fourth-order valence-corrected chi connectivity index (χ4v) is 2.25. The van der Waals surface area contributed by atoms with E-state index in [0.717, 1.165) is 29.3 Å². The van der Waals surface area contributed by atoms with Crippen molar-refractivity contribution in [2.45, 2.75) is 26.5 Å². The molecule has 0 aliphatic carbocycles. The Kier molecular flexibility index (Phi) is 5.74. The van der Waals surface area contributed by atoms with Crippen molar-refractivity contribution >= 4 is 11.4 Å². The Morgan fingerprint density at radius 1 is 1.00 bits per heavy atom. The van der Waals surface area contributed by atoms with Crippen LogP contribution in [0.25, 0.3) is 0 Å². The SMILES string of the molecule is COc1cc(CNc2ccc(N(C)C)cc2)ccc1OC(C)C. The first-order chi connectivity index (χ1) is 11.0. The predicted molar refractivity (Wildman–Crippen MR) is 96.9 cm³/mol. The Morgan fingerprint density at radius 2 is 1.70 bits per heavy atom. The Balaban J connectivity index is 2.02. The Morgan fingerprint density at radius 3 is 2.26 bits per heavy atom. The van der Waals surface area contributed by atoms with Gasteiger partial charge in [-0.1, -0.05) is 6.07 Å². The zero-order chi connectivity index (χ0) is 16.8. The molecule has 124 valence electrons. The number of ether oxygens (including phenoxy) is 2. The van der Waals surface area contributed by atoms with E-state index < -0.39 is 0 Å². The lowest BCUT2D eigenvalue weighted by atomic mass is 10.2. The molecule has 0 radical (unpaired) electrons. The Hall–Kier alpha value is -2.36. The number of rotatable bonds is 7. The van der Waals surface area contributed by atoms with Gasteiger partial charge in [0.25, 0.3) is 0 Å². The van der Waals surface area contributed by atoms with Crippen LogP contribution in [0.2, 0.25) is 0 Å². The minimum Gasteiger partial charge on any atom is -0.493 e. The number of hydrogen-bond acceptors (Lipinski definition) is 4. The van der Waals surface area contributed by atoms with Crippen molar-refractivity contribution in [1.82, 2.24) is 0 Å². The van der Waals surface area contributed by atoms with Gasteiger partial charge in [-0.2, -0.15) is 0 Å². The highest BCUT2D eigenvalue weighted by Crippen LogP contribution is 2.29. The van der Waals surface area contributed by atoms with Crippen molar-refractivity contribution in [3.63, 3.8) is 0 Å². The second-order valence-corrected chi connectivity index (χ2v) is 5.95. The highest BCUT2D eigenvalue weighted by Gasteiger charge is 2.07. The molecule has 0 fully saturated rings. The smallest absolute Gasteiger partial charge is 0.161 e. The number of nitrogens with zero attached hydrogens (tertiary/aromatic N) is 1. The van der Waals surface area contributed by atoms with Crippen molar-refractivity contribution in [3.05, 3.63) is 48.0 Å². The van der Waals surface area contributed by atoms with E-state index in [9.17, 15) is 0 Å². The molecule has 0 atom stereocenters. The van der Waals surface area contributed by atoms with Crippen LogP contribution in [0, 0.1) is 0 Å². The molecule has 0 aliphatic rings. The Bertz CT molecular complexity index is 622. The third-order valence-electron chi connectivity index (χ3n) is 3.47. The lowest BCUT2D eigenvalue weighted by molar-refractivity contribution is 0.230. The summed E-state index contributed by atoms with van der Waals surface area (Å²) in [5.74, 6) is 1.54. The second kappa shape index (κ2) is 7.77. The number of benzene rings is 2. The molecule has 0 saturated heterocycles. The van der Waals surface area contributed by atoms with Crippen molar-refractivity contribution in [3.8, 4) is 11.5 Å². The molecule has 0 amide bonds. The van der Waals surface area contributed by atoms with Crippen LogP contribution >= 0.6 is 0 Å². The zero-order valence-corrected chi connectivity index (χ0v) is 14.6. The first-order valence-corrected chi connectivity index (χ1v) is 7.84. The molecular formula is C19H26N2O2. The highest BCUT2D eigenvalue weighted by atomic mass is 16.5. The summed E-state index contributed by atoms with van der Waals surface area (Å²) in [6.07, 6.45) is 0.128. The molecule has 0 aromatic heterocycles. The lowest BCUT2D eigenvalue weighted by Gasteiger charge is -2.15. The van der Waals surface area contributed by atoms with Gasteiger partial charge >= 0.3 is 0 Å². The average Bonchev–Trinajstić information content (AvgIpc) is 2.53. The fraction of sp³-hybridized carbons (Fsp3) is 0.368. The zero-order valence-electron chi connectivity index (χ0n) is 14.6. The van der Waals surface area contributed by atoms with E-state index in [4.69, 9.17) is 9.47 Å². The molecule has 2 aromatic rings. The fourth-order valence-electron chi connectivity index (χ4n) is 2.25. The minimum absolute atomic E-state index is 0.128. The van der Waals surface area contributed by atoms with Crippen LogP contribution < -0.4 is 19.7 Å². The van der Waals surface area contributed by atoms with Gasteiger partial charge in [0.05, 0.1) is 13.2 Å². The van der Waals surface area contributed by atoms with Gasteiger partial charge in [0, 0.05) is 32.0 Å². The first kappa shape index (κ1) is 17.0. The molecule has 1 N–H and O–H groups in total. The topological polar surface area (TPSA) is 33.7 Å². The van der Waals surface area contributed by atoms with Crippen LogP contribution in [0.15, 0.2) is 42.5 Å². The second-order valence-electron chi connectivity index (χ2n) is 5.95. The van der Waals surface area contributed by atoms with E-state index in [1.165, 1.54) is 5.69 Å². The van der Waals surface area contributed by atoms with E-state index in [1.54, 1.807) is 7.11 Å². The predicted octanol–water partition coefficient (Wildman–Crippen LogP) is 4.16. The maximum Gasteiger partial charge on any atom is 0.161 e. The first-order valence-electron chi connectivity index (χ1n) is 7.84. The molecule has 2 rings (SSSR count). The van der Waals surface area contributed by atoms with Gasteiger partial charge in [0.15, 0.2) is 11.5 Å². The molecule has 23 heavy (non-hydrogen) atoms. The van der Waals surface area contributed by atoms with Crippen molar-refractivity contribution in [2.75, 3.05) is 31.4 Å². The summed E-state index contributed by atoms with van der Waals surface area (Å²) in [7, 11) is 5.74. The number of hydrogen-bond donors (Lipinski definition) is 1. The lowest BCUT2D eigenvalue weighted by Crippen LogP contribution is -2.08. The molecule has 0 aliphatic heterocycles.